The van der Waals surface area contributed by atoms with Gasteiger partial charge in [-0.15, -0.1) is 0 Å². The number of carbonyl (C=O) groups is 2. The third kappa shape index (κ3) is 4.75. The van der Waals surface area contributed by atoms with Crippen LogP contribution in [0.3, 0.4) is 0 Å². The predicted molar refractivity (Wildman–Crippen MR) is 113 cm³/mol. The molecule has 0 atom stereocenters. The van der Waals surface area contributed by atoms with E-state index in [9.17, 15) is 9.59 Å². The van der Waals surface area contributed by atoms with Gasteiger partial charge in [0, 0.05) is 49.6 Å². The molecule has 0 radical (unpaired) electrons. The van der Waals surface area contributed by atoms with Crippen molar-refractivity contribution in [1.82, 2.24) is 25.3 Å². The Hall–Kier alpha value is -3.86. The van der Waals surface area contributed by atoms with E-state index in [2.05, 4.69) is 37.9 Å². The molecule has 1 aromatic carbocycles. The lowest BCUT2D eigenvalue weighted by Gasteiger charge is -2.08. The van der Waals surface area contributed by atoms with Crippen LogP contribution in [0.4, 0.5) is 0 Å². The second-order valence-corrected chi connectivity index (χ2v) is 7.14. The highest BCUT2D eigenvalue weighted by Crippen LogP contribution is 2.19. The molecule has 2 aromatic heterocycles. The minimum atomic E-state index is -0.0731. The number of amides is 2. The Morgan fingerprint density at radius 1 is 1.23 bits per heavy atom. The van der Waals surface area contributed by atoms with Crippen molar-refractivity contribution in [1.29, 1.82) is 0 Å². The van der Waals surface area contributed by atoms with Gasteiger partial charge in [0.2, 0.25) is 5.91 Å². The van der Waals surface area contributed by atoms with E-state index in [-0.39, 0.29) is 11.8 Å². The van der Waals surface area contributed by atoms with Crippen LogP contribution in [0.5, 0.6) is 0 Å². The maximum absolute atomic E-state index is 12.3. The van der Waals surface area contributed by atoms with Crippen LogP contribution in [0.1, 0.15) is 41.3 Å². The molecule has 1 saturated carbocycles. The number of nitrogens with one attached hydrogen (secondary N) is 3. The third-order valence-corrected chi connectivity index (χ3v) is 4.63. The smallest absolute Gasteiger partial charge is 0.251 e. The summed E-state index contributed by atoms with van der Waals surface area (Å²) in [7, 11) is 0. The van der Waals surface area contributed by atoms with Gasteiger partial charge in [0.05, 0.1) is 10.9 Å². The Morgan fingerprint density at radius 3 is 2.90 bits per heavy atom. The second-order valence-electron chi connectivity index (χ2n) is 7.14. The zero-order valence-electron chi connectivity index (χ0n) is 16.6. The molecule has 0 unspecified atom stereocenters. The summed E-state index contributed by atoms with van der Waals surface area (Å²) in [5.74, 6) is 6.16. The molecule has 8 nitrogen and oxygen atoms in total. The van der Waals surface area contributed by atoms with Crippen LogP contribution in [-0.4, -0.2) is 45.6 Å². The van der Waals surface area contributed by atoms with Crippen LogP contribution >= 0.6 is 0 Å². The Labute approximate surface area is 174 Å². The van der Waals surface area contributed by atoms with Crippen LogP contribution in [-0.2, 0) is 4.79 Å². The van der Waals surface area contributed by atoms with Gasteiger partial charge in [0.15, 0.2) is 5.65 Å². The topological polar surface area (TPSA) is 101 Å². The van der Waals surface area contributed by atoms with Gasteiger partial charge < -0.3 is 16.1 Å². The molecule has 1 fully saturated rings. The van der Waals surface area contributed by atoms with Gasteiger partial charge in [-0.1, -0.05) is 17.9 Å². The normalized spacial score (nSPS) is 12.7. The minimum Gasteiger partial charge on any atom is -0.355 e. The number of hydrogen-bond acceptors (Lipinski definition) is 5. The van der Waals surface area contributed by atoms with Crippen molar-refractivity contribution < 1.29 is 9.59 Å². The lowest BCUT2D eigenvalue weighted by atomic mass is 10.1. The summed E-state index contributed by atoms with van der Waals surface area (Å²) in [5, 5.41) is 6.55. The Balaban J connectivity index is 1.54. The fourth-order valence-corrected chi connectivity index (χ4v) is 2.97. The highest BCUT2D eigenvalue weighted by Gasteiger charge is 2.23. The molecule has 8 heteroatoms. The molecule has 0 aliphatic heterocycles. The third-order valence-electron chi connectivity index (χ3n) is 4.63. The van der Waals surface area contributed by atoms with E-state index in [1.807, 2.05) is 18.3 Å². The Kier molecular flexibility index (Phi) is 5.61. The van der Waals surface area contributed by atoms with Gasteiger partial charge >= 0.3 is 0 Å². The molecule has 3 aromatic rings. The number of nitrogens with zero attached hydrogens (tertiary/aromatic N) is 3. The average molecular weight is 402 g/mol. The largest absolute Gasteiger partial charge is 0.355 e. The lowest BCUT2D eigenvalue weighted by Crippen LogP contribution is -2.29. The summed E-state index contributed by atoms with van der Waals surface area (Å²) < 4.78 is 1.78. The Morgan fingerprint density at radius 2 is 2.10 bits per heavy atom. The molecule has 3 N–H and O–H groups in total. The molecule has 0 saturated heterocycles. The first-order valence-corrected chi connectivity index (χ1v) is 9.82. The van der Waals surface area contributed by atoms with Gasteiger partial charge in [0.25, 0.3) is 5.91 Å². The van der Waals surface area contributed by atoms with E-state index in [1.54, 1.807) is 23.0 Å². The number of carbonyl (C=O) groups excluding carboxylic acids is 2. The zero-order valence-corrected chi connectivity index (χ0v) is 16.6. The van der Waals surface area contributed by atoms with Crippen molar-refractivity contribution in [3.63, 3.8) is 0 Å². The van der Waals surface area contributed by atoms with Gasteiger partial charge in [-0.2, -0.15) is 0 Å². The zero-order chi connectivity index (χ0) is 20.9. The van der Waals surface area contributed by atoms with Crippen molar-refractivity contribution in [2.24, 2.45) is 0 Å². The molecule has 0 bridgehead atoms. The van der Waals surface area contributed by atoms with Gasteiger partial charge in [-0.05, 0) is 31.0 Å². The monoisotopic (exact) mass is 402 g/mol. The SMILES string of the molecule is CC(=O)NCCNn1cc(C#Cc2cccc(C(=O)NC3CC3)c2)c2cncnc21. The van der Waals surface area contributed by atoms with Crippen molar-refractivity contribution in [2.75, 3.05) is 18.5 Å². The summed E-state index contributed by atoms with van der Waals surface area (Å²) in [4.78, 5) is 31.7. The number of hydrogen-bond donors (Lipinski definition) is 3. The number of rotatable bonds is 6. The van der Waals surface area contributed by atoms with E-state index < -0.39 is 0 Å². The standard InChI is InChI=1S/C22H22N6O2/c1-15(29)24-9-10-26-28-13-18(20-12-23-14-25-21(20)28)6-5-16-3-2-4-17(11-16)22(30)27-19-7-8-19/h2-4,11-14,19,26H,7-10H2,1H3,(H,24,29)(H,27,30). The van der Waals surface area contributed by atoms with Gasteiger partial charge in [0.1, 0.15) is 6.33 Å². The molecule has 1 aliphatic rings. The first-order chi connectivity index (χ1) is 14.6. The Bertz CT molecular complexity index is 1150. The molecule has 2 heterocycles. The molecule has 1 aliphatic carbocycles. The molecule has 0 spiro atoms. The van der Waals surface area contributed by atoms with E-state index in [4.69, 9.17) is 0 Å². The van der Waals surface area contributed by atoms with Gasteiger partial charge in [-0.3, -0.25) is 9.59 Å². The van der Waals surface area contributed by atoms with Crippen molar-refractivity contribution in [3.05, 3.63) is 59.7 Å². The van der Waals surface area contributed by atoms with Gasteiger partial charge in [-0.25, -0.2) is 14.6 Å². The molecule has 2 amide bonds. The molecular formula is C22H22N6O2. The summed E-state index contributed by atoms with van der Waals surface area (Å²) in [6.07, 6.45) is 7.15. The summed E-state index contributed by atoms with van der Waals surface area (Å²) in [5.41, 5.74) is 6.04. The fraction of sp³-hybridized carbons (Fsp3) is 0.273. The van der Waals surface area contributed by atoms with E-state index >= 15 is 0 Å². The van der Waals surface area contributed by atoms with Crippen LogP contribution in [0.15, 0.2) is 43.0 Å². The summed E-state index contributed by atoms with van der Waals surface area (Å²) >= 11 is 0. The van der Waals surface area contributed by atoms with Crippen LogP contribution in [0.2, 0.25) is 0 Å². The molecular weight excluding hydrogens is 380 g/mol. The van der Waals surface area contributed by atoms with Crippen LogP contribution < -0.4 is 16.1 Å². The average Bonchev–Trinajstić information content (AvgIpc) is 3.50. The van der Waals surface area contributed by atoms with Crippen LogP contribution in [0.25, 0.3) is 11.0 Å². The summed E-state index contributed by atoms with van der Waals surface area (Å²) in [6, 6.07) is 7.62. The fourth-order valence-electron chi connectivity index (χ4n) is 2.97. The predicted octanol–water partition coefficient (Wildman–Crippen LogP) is 1.40. The highest BCUT2D eigenvalue weighted by atomic mass is 16.2. The van der Waals surface area contributed by atoms with Crippen molar-refractivity contribution >= 4 is 22.8 Å². The maximum atomic E-state index is 12.3. The molecule has 30 heavy (non-hydrogen) atoms. The number of fused-ring (bicyclic) bond motifs is 1. The molecule has 4 rings (SSSR count). The lowest BCUT2D eigenvalue weighted by molar-refractivity contribution is -0.118. The van der Waals surface area contributed by atoms with E-state index in [0.717, 1.165) is 29.4 Å². The number of benzene rings is 1. The van der Waals surface area contributed by atoms with Crippen molar-refractivity contribution in [3.8, 4) is 11.8 Å². The minimum absolute atomic E-state index is 0.0606. The van der Waals surface area contributed by atoms with Crippen molar-refractivity contribution in [2.45, 2.75) is 25.8 Å². The van der Waals surface area contributed by atoms with Crippen LogP contribution in [0, 0.1) is 11.8 Å². The highest BCUT2D eigenvalue weighted by molar-refractivity contribution is 5.95. The number of aromatic nitrogens is 3. The van der Waals surface area contributed by atoms with E-state index in [1.165, 1.54) is 13.3 Å². The van der Waals surface area contributed by atoms with E-state index in [0.29, 0.717) is 30.3 Å². The first-order valence-electron chi connectivity index (χ1n) is 9.82. The first kappa shape index (κ1) is 19.5. The molecule has 152 valence electrons. The quantitative estimate of drug-likeness (QED) is 0.427. The summed E-state index contributed by atoms with van der Waals surface area (Å²) in [6.45, 7) is 2.52. The second kappa shape index (κ2) is 8.66. The maximum Gasteiger partial charge on any atom is 0.251 e.